The van der Waals surface area contributed by atoms with Crippen LogP contribution < -0.4 is 5.32 Å². The molecule has 0 amide bonds. The van der Waals surface area contributed by atoms with Gasteiger partial charge in [0.1, 0.15) is 0 Å². The molecule has 0 saturated carbocycles. The fourth-order valence-corrected chi connectivity index (χ4v) is 2.17. The summed E-state index contributed by atoms with van der Waals surface area (Å²) in [5.74, 6) is 5.95. The summed E-state index contributed by atoms with van der Waals surface area (Å²) < 4.78 is 0. The summed E-state index contributed by atoms with van der Waals surface area (Å²) in [5, 5.41) is 3.45. The Morgan fingerprint density at radius 3 is 2.86 bits per heavy atom. The molecule has 0 aromatic carbocycles. The van der Waals surface area contributed by atoms with Gasteiger partial charge in [0.05, 0.1) is 0 Å². The highest BCUT2D eigenvalue weighted by Crippen LogP contribution is 2.21. The molecular formula is C12H17NS. The van der Waals surface area contributed by atoms with Gasteiger partial charge in [-0.2, -0.15) is 0 Å². The van der Waals surface area contributed by atoms with E-state index in [2.05, 4.69) is 43.1 Å². The summed E-state index contributed by atoms with van der Waals surface area (Å²) in [7, 11) is 0. The minimum Gasteiger partial charge on any atom is -0.309 e. The van der Waals surface area contributed by atoms with E-state index >= 15 is 0 Å². The summed E-state index contributed by atoms with van der Waals surface area (Å²) in [6.07, 6.45) is 0.936. The molecule has 0 fully saturated rings. The van der Waals surface area contributed by atoms with Crippen molar-refractivity contribution in [3.05, 3.63) is 21.9 Å². The second-order valence-electron chi connectivity index (χ2n) is 3.30. The second kappa shape index (κ2) is 5.85. The average Bonchev–Trinajstić information content (AvgIpc) is 2.59. The van der Waals surface area contributed by atoms with E-state index in [0.29, 0.717) is 6.04 Å². The highest BCUT2D eigenvalue weighted by molar-refractivity contribution is 7.12. The maximum Gasteiger partial charge on any atom is 0.0386 e. The minimum atomic E-state index is 0.451. The van der Waals surface area contributed by atoms with Crippen molar-refractivity contribution in [2.75, 3.05) is 6.54 Å². The lowest BCUT2D eigenvalue weighted by atomic mass is 10.2. The third kappa shape index (κ3) is 3.53. The van der Waals surface area contributed by atoms with Crippen molar-refractivity contribution in [3.8, 4) is 11.8 Å². The Hall–Kier alpha value is -0.780. The number of hydrogen-bond acceptors (Lipinski definition) is 2. The van der Waals surface area contributed by atoms with Crippen LogP contribution in [0.4, 0.5) is 0 Å². The van der Waals surface area contributed by atoms with Crippen LogP contribution in [0.2, 0.25) is 0 Å². The van der Waals surface area contributed by atoms with Crippen LogP contribution in [0.5, 0.6) is 0 Å². The first-order chi connectivity index (χ1) is 6.74. The molecule has 0 radical (unpaired) electrons. The van der Waals surface area contributed by atoms with E-state index in [4.69, 9.17) is 0 Å². The molecule has 76 valence electrons. The Bertz CT molecular complexity index is 330. The first kappa shape index (κ1) is 11.3. The summed E-state index contributed by atoms with van der Waals surface area (Å²) in [6.45, 7) is 7.19. The predicted molar refractivity (Wildman–Crippen MR) is 63.5 cm³/mol. The Labute approximate surface area is 90.5 Å². The molecule has 1 rings (SSSR count). The number of rotatable bonds is 4. The van der Waals surface area contributed by atoms with Crippen LogP contribution in [0.25, 0.3) is 0 Å². The summed E-state index contributed by atoms with van der Waals surface area (Å²) >= 11 is 1.86. The number of aryl methyl sites for hydroxylation is 1. The third-order valence-electron chi connectivity index (χ3n) is 2.07. The molecule has 1 aromatic heterocycles. The van der Waals surface area contributed by atoms with Crippen LogP contribution in [0.3, 0.4) is 0 Å². The lowest BCUT2D eigenvalue weighted by Gasteiger charge is -2.10. The van der Waals surface area contributed by atoms with E-state index in [1.165, 1.54) is 9.75 Å². The highest BCUT2D eigenvalue weighted by atomic mass is 32.1. The average molecular weight is 207 g/mol. The maximum atomic E-state index is 3.45. The second-order valence-corrected chi connectivity index (χ2v) is 4.62. The van der Waals surface area contributed by atoms with E-state index in [-0.39, 0.29) is 0 Å². The lowest BCUT2D eigenvalue weighted by Crippen LogP contribution is -2.18. The highest BCUT2D eigenvalue weighted by Gasteiger charge is 2.05. The molecule has 14 heavy (non-hydrogen) atoms. The van der Waals surface area contributed by atoms with E-state index in [0.717, 1.165) is 13.0 Å². The Kier molecular flexibility index (Phi) is 4.72. The van der Waals surface area contributed by atoms with E-state index < -0.39 is 0 Å². The van der Waals surface area contributed by atoms with Gasteiger partial charge in [-0.15, -0.1) is 23.2 Å². The van der Waals surface area contributed by atoms with Crippen LogP contribution >= 0.6 is 11.3 Å². The van der Waals surface area contributed by atoms with E-state index in [1.54, 1.807) is 0 Å². The molecule has 0 bridgehead atoms. The van der Waals surface area contributed by atoms with Gasteiger partial charge in [-0.3, -0.25) is 0 Å². The van der Waals surface area contributed by atoms with Crippen LogP contribution in [0.1, 0.15) is 36.1 Å². The van der Waals surface area contributed by atoms with Crippen LogP contribution in [0, 0.1) is 18.8 Å². The normalized spacial score (nSPS) is 11.9. The van der Waals surface area contributed by atoms with E-state index in [9.17, 15) is 0 Å². The molecule has 0 spiro atoms. The predicted octanol–water partition coefficient (Wildman–Crippen LogP) is 3.12. The van der Waals surface area contributed by atoms with Gasteiger partial charge in [0.2, 0.25) is 0 Å². The number of nitrogens with one attached hydrogen (secondary N) is 1. The number of hydrogen-bond donors (Lipinski definition) is 1. The van der Waals surface area contributed by atoms with Gasteiger partial charge in [-0.1, -0.05) is 0 Å². The van der Waals surface area contributed by atoms with Crippen molar-refractivity contribution in [2.45, 2.75) is 33.2 Å². The first-order valence-electron chi connectivity index (χ1n) is 4.93. The maximum absolute atomic E-state index is 3.45. The summed E-state index contributed by atoms with van der Waals surface area (Å²) in [5.41, 5.74) is 0. The van der Waals surface area contributed by atoms with Crippen molar-refractivity contribution in [3.63, 3.8) is 0 Å². The fourth-order valence-electron chi connectivity index (χ4n) is 1.26. The lowest BCUT2D eigenvalue weighted by molar-refractivity contribution is 0.592. The van der Waals surface area contributed by atoms with E-state index in [1.807, 2.05) is 18.3 Å². The van der Waals surface area contributed by atoms with Crippen LogP contribution in [-0.4, -0.2) is 6.54 Å². The van der Waals surface area contributed by atoms with Crippen LogP contribution in [0.15, 0.2) is 12.1 Å². The third-order valence-corrected chi connectivity index (χ3v) is 3.25. The molecule has 1 aromatic rings. The quantitative estimate of drug-likeness (QED) is 0.591. The van der Waals surface area contributed by atoms with Gasteiger partial charge in [-0.25, -0.2) is 0 Å². The minimum absolute atomic E-state index is 0.451. The van der Waals surface area contributed by atoms with Gasteiger partial charge >= 0.3 is 0 Å². The fraction of sp³-hybridized carbons (Fsp3) is 0.500. The molecule has 0 saturated heterocycles. The van der Waals surface area contributed by atoms with Crippen molar-refractivity contribution < 1.29 is 0 Å². The molecule has 0 aliphatic rings. The topological polar surface area (TPSA) is 12.0 Å². The molecular weight excluding hydrogens is 190 g/mol. The molecule has 1 heterocycles. The Morgan fingerprint density at radius 2 is 2.29 bits per heavy atom. The summed E-state index contributed by atoms with van der Waals surface area (Å²) in [6, 6.07) is 4.82. The summed E-state index contributed by atoms with van der Waals surface area (Å²) in [4.78, 5) is 2.79. The SMILES string of the molecule is CC#CCCNC(C)c1ccc(C)s1. The zero-order chi connectivity index (χ0) is 10.4. The number of thiophene rings is 1. The Balaban J connectivity index is 2.34. The van der Waals surface area contributed by atoms with Crippen molar-refractivity contribution in [1.29, 1.82) is 0 Å². The molecule has 1 atom stereocenters. The molecule has 1 nitrogen and oxygen atoms in total. The molecule has 0 aliphatic heterocycles. The van der Waals surface area contributed by atoms with Crippen LogP contribution in [-0.2, 0) is 0 Å². The van der Waals surface area contributed by atoms with Crippen molar-refractivity contribution in [1.82, 2.24) is 5.32 Å². The molecule has 2 heteroatoms. The van der Waals surface area contributed by atoms with Gasteiger partial charge in [-0.05, 0) is 32.9 Å². The first-order valence-corrected chi connectivity index (χ1v) is 5.75. The van der Waals surface area contributed by atoms with Gasteiger partial charge < -0.3 is 5.32 Å². The molecule has 1 N–H and O–H groups in total. The molecule has 0 aliphatic carbocycles. The smallest absolute Gasteiger partial charge is 0.0386 e. The van der Waals surface area contributed by atoms with Crippen molar-refractivity contribution >= 4 is 11.3 Å². The zero-order valence-electron chi connectivity index (χ0n) is 9.05. The zero-order valence-corrected chi connectivity index (χ0v) is 9.87. The Morgan fingerprint density at radius 1 is 1.50 bits per heavy atom. The monoisotopic (exact) mass is 207 g/mol. The standard InChI is InChI=1S/C12H17NS/c1-4-5-6-9-13-11(3)12-8-7-10(2)14-12/h7-8,11,13H,6,9H2,1-3H3. The van der Waals surface area contributed by atoms with Gasteiger partial charge in [0.15, 0.2) is 0 Å². The van der Waals surface area contributed by atoms with Gasteiger partial charge in [0, 0.05) is 28.8 Å². The van der Waals surface area contributed by atoms with Gasteiger partial charge in [0.25, 0.3) is 0 Å². The van der Waals surface area contributed by atoms with Crippen molar-refractivity contribution in [2.24, 2.45) is 0 Å². The molecule has 1 unspecified atom stereocenters. The largest absolute Gasteiger partial charge is 0.309 e.